The Morgan fingerprint density at radius 2 is 1.48 bits per heavy atom. The van der Waals surface area contributed by atoms with Crippen molar-refractivity contribution >= 4 is 0 Å². The van der Waals surface area contributed by atoms with Crippen molar-refractivity contribution < 1.29 is 0 Å². The fourth-order valence-electron chi connectivity index (χ4n) is 1.54. The van der Waals surface area contributed by atoms with E-state index in [0.29, 0.717) is 0 Å². The summed E-state index contributed by atoms with van der Waals surface area (Å²) in [6.07, 6.45) is 13.0. The molecule has 0 aliphatic heterocycles. The maximum absolute atomic E-state index is 3.87. The molecule has 1 aromatic rings. The van der Waals surface area contributed by atoms with Gasteiger partial charge in [-0.25, -0.2) is 0 Å². The van der Waals surface area contributed by atoms with Gasteiger partial charge >= 0.3 is 0 Å². The summed E-state index contributed by atoms with van der Waals surface area (Å²) in [5.74, 6) is 0. The average molecular weight is 341 g/mol. The van der Waals surface area contributed by atoms with E-state index in [2.05, 4.69) is 63.4 Å². The molecule has 0 heteroatoms. The SMILES string of the molecule is C=C(C)C(/C=C/C)=C/C=C/C.C=CC.CC.CCc1ccc(C)cc1. The average Bonchev–Trinajstić information content (AvgIpc) is 2.62. The van der Waals surface area contributed by atoms with Crippen LogP contribution in [-0.4, -0.2) is 0 Å². The van der Waals surface area contributed by atoms with Crippen molar-refractivity contribution in [2.75, 3.05) is 0 Å². The highest BCUT2D eigenvalue weighted by molar-refractivity contribution is 5.38. The zero-order chi connectivity index (χ0) is 20.1. The number of allylic oxidation sites excluding steroid dienone is 8. The highest BCUT2D eigenvalue weighted by Crippen LogP contribution is 2.08. The van der Waals surface area contributed by atoms with Gasteiger partial charge < -0.3 is 0 Å². The number of hydrogen-bond acceptors (Lipinski definition) is 0. The highest BCUT2D eigenvalue weighted by atomic mass is 13.9. The molecule has 0 radical (unpaired) electrons. The number of benzene rings is 1. The van der Waals surface area contributed by atoms with Gasteiger partial charge in [0.2, 0.25) is 0 Å². The van der Waals surface area contributed by atoms with E-state index in [4.69, 9.17) is 0 Å². The normalized spacial score (nSPS) is 10.0. The fraction of sp³-hybridized carbons (Fsp3) is 0.360. The van der Waals surface area contributed by atoms with Gasteiger partial charge in [0, 0.05) is 0 Å². The molecule has 0 N–H and O–H groups in total. The Morgan fingerprint density at radius 1 is 1.00 bits per heavy atom. The fourth-order valence-corrected chi connectivity index (χ4v) is 1.54. The molecule has 140 valence electrons. The third-order valence-electron chi connectivity index (χ3n) is 2.84. The van der Waals surface area contributed by atoms with Gasteiger partial charge in [-0.2, -0.15) is 0 Å². The summed E-state index contributed by atoms with van der Waals surface area (Å²) in [4.78, 5) is 0. The molecule has 0 unspecified atom stereocenters. The summed E-state index contributed by atoms with van der Waals surface area (Å²) in [5.41, 5.74) is 5.04. The van der Waals surface area contributed by atoms with Crippen LogP contribution in [0.15, 0.2) is 85.0 Å². The van der Waals surface area contributed by atoms with Crippen LogP contribution in [0.25, 0.3) is 0 Å². The number of hydrogen-bond donors (Lipinski definition) is 0. The van der Waals surface area contributed by atoms with Gasteiger partial charge in [-0.15, -0.1) is 6.58 Å². The maximum Gasteiger partial charge on any atom is -0.0237 e. The molecule has 1 aromatic carbocycles. The van der Waals surface area contributed by atoms with E-state index in [1.54, 1.807) is 6.08 Å². The quantitative estimate of drug-likeness (QED) is 0.381. The van der Waals surface area contributed by atoms with Gasteiger partial charge in [-0.1, -0.05) is 99.2 Å². The molecule has 25 heavy (non-hydrogen) atoms. The zero-order valence-corrected chi connectivity index (χ0v) is 17.9. The van der Waals surface area contributed by atoms with Crippen LogP contribution in [0.1, 0.15) is 59.6 Å². The minimum absolute atomic E-state index is 1.10. The molecule has 0 amide bonds. The first-order valence-electron chi connectivity index (χ1n) is 9.20. The van der Waals surface area contributed by atoms with E-state index in [1.807, 2.05) is 59.8 Å². The molecule has 0 aliphatic carbocycles. The van der Waals surface area contributed by atoms with Crippen molar-refractivity contribution in [3.05, 3.63) is 96.2 Å². The first-order valence-corrected chi connectivity index (χ1v) is 9.20. The summed E-state index contributed by atoms with van der Waals surface area (Å²) in [5, 5.41) is 0. The molecule has 0 nitrogen and oxygen atoms in total. The lowest BCUT2D eigenvalue weighted by molar-refractivity contribution is 1.14. The molecule has 0 saturated heterocycles. The summed E-state index contributed by atoms with van der Waals surface area (Å²) in [6, 6.07) is 8.66. The lowest BCUT2D eigenvalue weighted by Crippen LogP contribution is -1.77. The molecule has 1 rings (SSSR count). The number of aryl methyl sites for hydroxylation is 2. The van der Waals surface area contributed by atoms with Gasteiger partial charge in [-0.05, 0) is 52.2 Å². The van der Waals surface area contributed by atoms with Crippen LogP contribution in [0, 0.1) is 6.92 Å². The topological polar surface area (TPSA) is 0 Å². The van der Waals surface area contributed by atoms with E-state index in [-0.39, 0.29) is 0 Å². The van der Waals surface area contributed by atoms with Crippen LogP contribution in [0.3, 0.4) is 0 Å². The minimum atomic E-state index is 1.10. The van der Waals surface area contributed by atoms with Crippen molar-refractivity contribution in [1.82, 2.24) is 0 Å². The molecule has 0 aromatic heterocycles. The Labute approximate surface area is 158 Å². The second-order valence-corrected chi connectivity index (χ2v) is 5.18. The Bertz CT molecular complexity index is 507. The van der Waals surface area contributed by atoms with Gasteiger partial charge in [0.15, 0.2) is 0 Å². The molecular weight excluding hydrogens is 300 g/mol. The van der Waals surface area contributed by atoms with Gasteiger partial charge in [0.25, 0.3) is 0 Å². The van der Waals surface area contributed by atoms with Crippen LogP contribution >= 0.6 is 0 Å². The van der Waals surface area contributed by atoms with E-state index < -0.39 is 0 Å². The first-order chi connectivity index (χ1) is 12.0. The summed E-state index contributed by atoms with van der Waals surface area (Å²) >= 11 is 0. The van der Waals surface area contributed by atoms with Crippen LogP contribution < -0.4 is 0 Å². The third-order valence-corrected chi connectivity index (χ3v) is 2.84. The Morgan fingerprint density at radius 3 is 1.80 bits per heavy atom. The van der Waals surface area contributed by atoms with Crippen LogP contribution in [0.5, 0.6) is 0 Å². The predicted molar refractivity (Wildman–Crippen MR) is 120 cm³/mol. The second-order valence-electron chi connectivity index (χ2n) is 5.18. The van der Waals surface area contributed by atoms with E-state index in [0.717, 1.165) is 12.0 Å². The van der Waals surface area contributed by atoms with Crippen molar-refractivity contribution in [2.45, 2.75) is 61.8 Å². The van der Waals surface area contributed by atoms with Crippen molar-refractivity contribution in [1.29, 1.82) is 0 Å². The summed E-state index contributed by atoms with van der Waals surface area (Å²) in [6.45, 7) is 23.4. The van der Waals surface area contributed by atoms with Crippen molar-refractivity contribution in [3.63, 3.8) is 0 Å². The Kier molecular flexibility index (Phi) is 24.3. The monoisotopic (exact) mass is 340 g/mol. The van der Waals surface area contributed by atoms with E-state index in [1.165, 1.54) is 16.7 Å². The van der Waals surface area contributed by atoms with Crippen molar-refractivity contribution in [3.8, 4) is 0 Å². The standard InChI is InChI=1S/C11H16.C9H12.C3H6.C2H6/c1-5-7-9-11(8-6-2)10(3)4;1-3-9-6-4-8(2)5-7-9;1-3-2;1-2/h5-9H,3H2,1-2,4H3;4-7H,3H2,1-2H3;3H,1H2,2H3;1-2H3/b7-5+,8-6+,11-9+;;;. The largest absolute Gasteiger partial charge is 0.103 e. The van der Waals surface area contributed by atoms with Gasteiger partial charge in [-0.3, -0.25) is 0 Å². The predicted octanol–water partition coefficient (Wildman–Crippen LogP) is 8.42. The second kappa shape index (κ2) is 21.9. The maximum atomic E-state index is 3.87. The lowest BCUT2D eigenvalue weighted by Gasteiger charge is -1.96. The zero-order valence-electron chi connectivity index (χ0n) is 17.9. The smallest absolute Gasteiger partial charge is 0.0237 e. The molecule has 0 bridgehead atoms. The molecule has 0 aliphatic rings. The van der Waals surface area contributed by atoms with E-state index >= 15 is 0 Å². The molecule has 0 spiro atoms. The third kappa shape index (κ3) is 19.9. The molecule has 0 heterocycles. The van der Waals surface area contributed by atoms with Crippen LogP contribution in [-0.2, 0) is 6.42 Å². The Hall–Kier alpha value is -2.08. The summed E-state index contributed by atoms with van der Waals surface area (Å²) in [7, 11) is 0. The molecule has 0 saturated carbocycles. The molecule has 0 fully saturated rings. The summed E-state index contributed by atoms with van der Waals surface area (Å²) < 4.78 is 0. The van der Waals surface area contributed by atoms with Gasteiger partial charge in [0.1, 0.15) is 0 Å². The number of rotatable bonds is 4. The first kappa shape index (κ1) is 27.8. The van der Waals surface area contributed by atoms with Gasteiger partial charge in [0.05, 0.1) is 0 Å². The Balaban J connectivity index is -0.000000310. The molecule has 0 atom stereocenters. The highest BCUT2D eigenvalue weighted by Gasteiger charge is 1.88. The molecular formula is C25H40. The van der Waals surface area contributed by atoms with Crippen LogP contribution in [0.2, 0.25) is 0 Å². The van der Waals surface area contributed by atoms with Crippen LogP contribution in [0.4, 0.5) is 0 Å². The minimum Gasteiger partial charge on any atom is -0.103 e. The van der Waals surface area contributed by atoms with Crippen molar-refractivity contribution in [2.24, 2.45) is 0 Å². The lowest BCUT2D eigenvalue weighted by atomic mass is 10.1. The van der Waals surface area contributed by atoms with E-state index in [9.17, 15) is 0 Å².